The topological polar surface area (TPSA) is 242 Å². The van der Waals surface area contributed by atoms with E-state index in [-0.39, 0.29) is 50.3 Å². The molecule has 0 aromatic heterocycles. The second kappa shape index (κ2) is 52.1. The Kier molecular flexibility index (Phi) is 48.2. The number of amides is 4. The second-order valence-corrected chi connectivity index (χ2v) is 25.4. The van der Waals surface area contributed by atoms with Crippen LogP contribution in [0, 0.1) is 5.41 Å². The summed E-state index contributed by atoms with van der Waals surface area (Å²) < 4.78 is 19.9. The minimum Gasteiger partial charge on any atom is -0.481 e. The fraction of sp³-hybridized carbons (Fsp3) is 0.803. The van der Waals surface area contributed by atoms with Crippen molar-refractivity contribution in [2.75, 3.05) is 46.4 Å². The summed E-state index contributed by atoms with van der Waals surface area (Å²) in [4.78, 5) is 75.4. The molecule has 0 spiro atoms. The normalized spacial score (nSPS) is 17.4. The number of carbonyl (C=O) groups is 6. The van der Waals surface area contributed by atoms with Crippen molar-refractivity contribution in [3.63, 3.8) is 0 Å². The summed E-state index contributed by atoms with van der Waals surface area (Å²) in [7, 11) is 2.18. The molecular formula is C71H127N5O12. The van der Waals surface area contributed by atoms with Gasteiger partial charge in [0.15, 0.2) is 5.79 Å². The van der Waals surface area contributed by atoms with Crippen LogP contribution < -0.4 is 21.3 Å². The maximum Gasteiger partial charge on any atom is 0.326 e. The molecule has 5 unspecified atom stereocenters. The number of carboxylic acids is 3. The highest BCUT2D eigenvalue weighted by Crippen LogP contribution is 2.36. The van der Waals surface area contributed by atoms with Crippen molar-refractivity contribution < 1.29 is 58.3 Å². The highest BCUT2D eigenvalue weighted by Gasteiger charge is 2.40. The smallest absolute Gasteiger partial charge is 0.326 e. The van der Waals surface area contributed by atoms with Crippen molar-refractivity contribution >= 4 is 35.8 Å². The number of nitrogens with zero attached hydrogens (tertiary/aromatic N) is 1. The zero-order valence-corrected chi connectivity index (χ0v) is 56.4. The van der Waals surface area contributed by atoms with Crippen LogP contribution in [0.5, 0.6) is 0 Å². The van der Waals surface area contributed by atoms with E-state index in [0.717, 1.165) is 77.3 Å². The minimum absolute atomic E-state index is 0.0138. The molecule has 1 heterocycles. The van der Waals surface area contributed by atoms with E-state index in [4.69, 9.17) is 19.3 Å². The van der Waals surface area contributed by atoms with E-state index >= 15 is 0 Å². The fourth-order valence-electron chi connectivity index (χ4n) is 10.7. The van der Waals surface area contributed by atoms with Gasteiger partial charge in [0, 0.05) is 38.9 Å². The van der Waals surface area contributed by atoms with Crippen LogP contribution in [-0.4, -0.2) is 132 Å². The first-order chi connectivity index (χ1) is 42.4. The number of hydrogen-bond donors (Lipinski definition) is 7. The van der Waals surface area contributed by atoms with Gasteiger partial charge in [-0.3, -0.25) is 14.4 Å². The molecule has 1 saturated heterocycles. The summed E-state index contributed by atoms with van der Waals surface area (Å²) in [5.74, 6) is -4.77. The average Bonchev–Trinajstić information content (AvgIpc) is 4.16. The van der Waals surface area contributed by atoms with Crippen molar-refractivity contribution in [3.8, 4) is 0 Å². The molecule has 0 aromatic carbocycles. The number of allylic oxidation sites excluding steroid dienone is 8. The Balaban J connectivity index is 2.51. The lowest BCUT2D eigenvalue weighted by Crippen LogP contribution is -2.51. The van der Waals surface area contributed by atoms with Gasteiger partial charge in [0.1, 0.15) is 12.1 Å². The van der Waals surface area contributed by atoms with Crippen molar-refractivity contribution in [1.82, 2.24) is 26.2 Å². The molecule has 1 rings (SSSR count). The van der Waals surface area contributed by atoms with E-state index in [1.165, 1.54) is 128 Å². The summed E-state index contributed by atoms with van der Waals surface area (Å²) in [6.45, 7) is 15.7. The number of aliphatic carboxylic acids is 3. The van der Waals surface area contributed by atoms with Gasteiger partial charge in [-0.05, 0) is 162 Å². The summed E-state index contributed by atoms with van der Waals surface area (Å²) in [6, 6.07) is -3.86. The van der Waals surface area contributed by atoms with Gasteiger partial charge in [0.2, 0.25) is 11.8 Å². The van der Waals surface area contributed by atoms with Crippen LogP contribution in [0.4, 0.5) is 4.79 Å². The van der Waals surface area contributed by atoms with Gasteiger partial charge in [-0.2, -0.15) is 0 Å². The van der Waals surface area contributed by atoms with Gasteiger partial charge < -0.3 is 55.7 Å². The number of hydrogen-bond acceptors (Lipinski definition) is 10. The Labute approximate surface area is 533 Å². The highest BCUT2D eigenvalue weighted by molar-refractivity contribution is 5.86. The van der Waals surface area contributed by atoms with E-state index in [2.05, 4.69) is 95.7 Å². The molecule has 508 valence electrons. The standard InChI is InChI=1S/C71H127N5O12/c1-8-12-14-16-18-20-22-24-26-28-30-32-34-36-38-42-51-71(52-43-39-37-35-33-31-29-27-25-23-21-19-17-15-13-9-2)86-58-60(88-71)50-56-76(7)55-46-40-44-54-73-67(84)69(5,10-3)59-87-70(6,11-4)57-63(77)72-53-45-41-47-61(65(80)81)74-68(85)75-62(66(82)83)48-49-64(78)79/h18-21,24-27,60-62H,8-17,22-23,28-59H2,1-7H3,(H,72,77)(H,73,84)(H,78,79)(H,80,81)(H,82,83)(H2,74,75,85). The number of ether oxygens (including phenoxy) is 3. The fourth-order valence-corrected chi connectivity index (χ4v) is 10.7. The van der Waals surface area contributed by atoms with Gasteiger partial charge >= 0.3 is 23.9 Å². The summed E-state index contributed by atoms with van der Waals surface area (Å²) >= 11 is 0. The Morgan fingerprint density at radius 1 is 0.580 bits per heavy atom. The predicted octanol–water partition coefficient (Wildman–Crippen LogP) is 15.5. The largest absolute Gasteiger partial charge is 0.481 e. The molecule has 1 aliphatic heterocycles. The maximum atomic E-state index is 13.6. The van der Waals surface area contributed by atoms with E-state index in [9.17, 15) is 39.0 Å². The van der Waals surface area contributed by atoms with Crippen molar-refractivity contribution in [2.45, 2.75) is 315 Å². The molecule has 0 saturated carbocycles. The zero-order valence-electron chi connectivity index (χ0n) is 56.4. The SMILES string of the molecule is CCCCCC=CCC=CCCCCCCCCC1(CCCCCCCCC=CCC=CCCCCC)OCC(CCN(C)CCCCCNC(=O)C(C)(CC)COC(C)(CC)CC(=O)NCCCCC(NC(=O)NC(CCC(=O)O)C(=O)O)C(=O)O)O1. The Morgan fingerprint density at radius 2 is 1.06 bits per heavy atom. The first-order valence-electron chi connectivity index (χ1n) is 34.9. The molecular weight excluding hydrogens is 1110 g/mol. The van der Waals surface area contributed by atoms with Crippen molar-refractivity contribution in [2.24, 2.45) is 5.41 Å². The third-order valence-electron chi connectivity index (χ3n) is 17.2. The number of rotatable bonds is 59. The number of urea groups is 1. The van der Waals surface area contributed by atoms with E-state index < -0.39 is 59.2 Å². The highest BCUT2D eigenvalue weighted by atomic mass is 16.7. The third kappa shape index (κ3) is 42.4. The maximum absolute atomic E-state index is 13.6. The lowest BCUT2D eigenvalue weighted by molar-refractivity contribution is -0.180. The van der Waals surface area contributed by atoms with E-state index in [0.29, 0.717) is 38.8 Å². The molecule has 1 aliphatic rings. The summed E-state index contributed by atoms with van der Waals surface area (Å²) in [6.07, 6.45) is 55.3. The first kappa shape index (κ1) is 81.4. The molecule has 1 fully saturated rings. The molecule has 4 amide bonds. The molecule has 0 aromatic rings. The number of unbranched alkanes of at least 4 members (excludes halogenated alkanes) is 21. The number of nitrogens with one attached hydrogen (secondary N) is 4. The average molecular weight is 1240 g/mol. The summed E-state index contributed by atoms with van der Waals surface area (Å²) in [5, 5.41) is 38.1. The lowest BCUT2D eigenvalue weighted by Gasteiger charge is -2.34. The minimum atomic E-state index is -1.50. The number of carboxylic acid groups (broad SMARTS) is 3. The van der Waals surface area contributed by atoms with Crippen LogP contribution in [0.3, 0.4) is 0 Å². The lowest BCUT2D eigenvalue weighted by atomic mass is 9.86. The zero-order chi connectivity index (χ0) is 65.0. The Hall–Kier alpha value is -4.58. The van der Waals surface area contributed by atoms with Crippen LogP contribution >= 0.6 is 0 Å². The van der Waals surface area contributed by atoms with Gasteiger partial charge in [0.05, 0.1) is 36.8 Å². The first-order valence-corrected chi connectivity index (χ1v) is 34.9. The van der Waals surface area contributed by atoms with Crippen molar-refractivity contribution in [3.05, 3.63) is 48.6 Å². The monoisotopic (exact) mass is 1240 g/mol. The van der Waals surface area contributed by atoms with Gasteiger partial charge in [-0.15, -0.1) is 0 Å². The predicted molar refractivity (Wildman–Crippen MR) is 356 cm³/mol. The van der Waals surface area contributed by atoms with Crippen molar-refractivity contribution in [1.29, 1.82) is 0 Å². The van der Waals surface area contributed by atoms with Crippen LogP contribution in [0.15, 0.2) is 48.6 Å². The van der Waals surface area contributed by atoms with E-state index in [1.807, 2.05) is 27.7 Å². The van der Waals surface area contributed by atoms with Crippen LogP contribution in [0.2, 0.25) is 0 Å². The third-order valence-corrected chi connectivity index (χ3v) is 17.2. The second-order valence-electron chi connectivity index (χ2n) is 25.4. The number of carbonyl (C=O) groups excluding carboxylic acids is 3. The molecule has 0 radical (unpaired) electrons. The molecule has 5 atom stereocenters. The van der Waals surface area contributed by atoms with Crippen LogP contribution in [-0.2, 0) is 38.2 Å². The van der Waals surface area contributed by atoms with Gasteiger partial charge in [-0.25, -0.2) is 14.4 Å². The molecule has 7 N–H and O–H groups in total. The molecule has 0 bridgehead atoms. The molecule has 17 nitrogen and oxygen atoms in total. The van der Waals surface area contributed by atoms with E-state index in [1.54, 1.807) is 0 Å². The van der Waals surface area contributed by atoms with Crippen LogP contribution in [0.1, 0.15) is 286 Å². The molecule has 0 aliphatic carbocycles. The molecule has 17 heteroatoms. The Morgan fingerprint density at radius 3 is 1.56 bits per heavy atom. The summed E-state index contributed by atoms with van der Waals surface area (Å²) in [5.41, 5.74) is -1.62. The van der Waals surface area contributed by atoms with Gasteiger partial charge in [0.25, 0.3) is 0 Å². The van der Waals surface area contributed by atoms with Crippen LogP contribution in [0.25, 0.3) is 0 Å². The Bertz CT molecular complexity index is 1930. The van der Waals surface area contributed by atoms with Gasteiger partial charge in [-0.1, -0.05) is 160 Å². The quantitative estimate of drug-likeness (QED) is 0.0222. The molecule has 88 heavy (non-hydrogen) atoms.